The summed E-state index contributed by atoms with van der Waals surface area (Å²) in [4.78, 5) is 13.6. The molecule has 0 aromatic carbocycles. The summed E-state index contributed by atoms with van der Waals surface area (Å²) in [6.07, 6.45) is 1.50. The van der Waals surface area contributed by atoms with Crippen LogP contribution < -0.4 is 5.32 Å². The number of nitrogens with one attached hydrogen (secondary N) is 1. The molecule has 0 saturated carbocycles. The van der Waals surface area contributed by atoms with Crippen LogP contribution in [-0.4, -0.2) is 61.9 Å². The first kappa shape index (κ1) is 11.8. The molecule has 0 aliphatic carbocycles. The number of nitrogens with zero attached hydrogens (tertiary/aromatic N) is 1. The van der Waals surface area contributed by atoms with E-state index >= 15 is 0 Å². The fraction of sp³-hybridized carbons (Fsp3) is 0.909. The highest BCUT2D eigenvalue weighted by Crippen LogP contribution is 2.30. The van der Waals surface area contributed by atoms with E-state index in [0.717, 1.165) is 52.2 Å². The second-order valence-corrected chi connectivity index (χ2v) is 4.72. The Morgan fingerprint density at radius 3 is 2.75 bits per heavy atom. The third-order valence-corrected chi connectivity index (χ3v) is 3.71. The van der Waals surface area contributed by atoms with Gasteiger partial charge >= 0.3 is 5.97 Å². The summed E-state index contributed by atoms with van der Waals surface area (Å²) in [5.41, 5.74) is -0.529. The van der Waals surface area contributed by atoms with Gasteiger partial charge in [0, 0.05) is 19.6 Å². The van der Waals surface area contributed by atoms with Crippen molar-refractivity contribution in [2.75, 3.05) is 45.9 Å². The van der Waals surface area contributed by atoms with Crippen molar-refractivity contribution in [1.82, 2.24) is 10.2 Å². The number of carboxylic acid groups (broad SMARTS) is 1. The highest BCUT2D eigenvalue weighted by Gasteiger charge is 2.41. The normalized spacial score (nSPS) is 31.8. The van der Waals surface area contributed by atoms with E-state index in [2.05, 4.69) is 10.2 Å². The first-order valence-corrected chi connectivity index (χ1v) is 5.97. The number of ether oxygens (including phenoxy) is 1. The topological polar surface area (TPSA) is 61.8 Å². The van der Waals surface area contributed by atoms with E-state index in [1.807, 2.05) is 0 Å². The van der Waals surface area contributed by atoms with Crippen LogP contribution in [0.5, 0.6) is 0 Å². The molecule has 5 heteroatoms. The molecule has 0 spiro atoms. The van der Waals surface area contributed by atoms with Gasteiger partial charge in [0.25, 0.3) is 0 Å². The quantitative estimate of drug-likeness (QED) is 0.696. The van der Waals surface area contributed by atoms with Crippen molar-refractivity contribution in [2.24, 2.45) is 5.41 Å². The predicted octanol–water partition coefficient (Wildman–Crippen LogP) is -0.227. The summed E-state index contributed by atoms with van der Waals surface area (Å²) in [6, 6.07) is 0. The van der Waals surface area contributed by atoms with Crippen LogP contribution in [0.1, 0.15) is 12.8 Å². The van der Waals surface area contributed by atoms with Gasteiger partial charge in [0.15, 0.2) is 0 Å². The Balaban J connectivity index is 1.84. The van der Waals surface area contributed by atoms with Gasteiger partial charge in [-0.3, -0.25) is 9.69 Å². The molecule has 0 aromatic rings. The third kappa shape index (κ3) is 2.53. The predicted molar refractivity (Wildman–Crippen MR) is 59.4 cm³/mol. The second kappa shape index (κ2) is 5.12. The van der Waals surface area contributed by atoms with Crippen LogP contribution in [0, 0.1) is 5.41 Å². The molecule has 1 atom stereocenters. The monoisotopic (exact) mass is 228 g/mol. The summed E-state index contributed by atoms with van der Waals surface area (Å²) in [5, 5.41) is 12.5. The second-order valence-electron chi connectivity index (χ2n) is 4.72. The Labute approximate surface area is 95.8 Å². The van der Waals surface area contributed by atoms with Crippen LogP contribution in [0.15, 0.2) is 0 Å². The van der Waals surface area contributed by atoms with Gasteiger partial charge in [-0.2, -0.15) is 0 Å². The lowest BCUT2D eigenvalue weighted by Crippen LogP contribution is -2.41. The van der Waals surface area contributed by atoms with Crippen molar-refractivity contribution in [2.45, 2.75) is 12.8 Å². The van der Waals surface area contributed by atoms with Crippen molar-refractivity contribution in [3.05, 3.63) is 0 Å². The zero-order valence-electron chi connectivity index (χ0n) is 9.57. The van der Waals surface area contributed by atoms with E-state index in [-0.39, 0.29) is 0 Å². The van der Waals surface area contributed by atoms with Crippen LogP contribution in [0.4, 0.5) is 0 Å². The average molecular weight is 228 g/mol. The Morgan fingerprint density at radius 2 is 2.19 bits per heavy atom. The van der Waals surface area contributed by atoms with Gasteiger partial charge in [-0.15, -0.1) is 0 Å². The van der Waals surface area contributed by atoms with Crippen molar-refractivity contribution in [3.63, 3.8) is 0 Å². The molecular formula is C11H20N2O3. The molecule has 2 heterocycles. The molecule has 2 fully saturated rings. The van der Waals surface area contributed by atoms with Crippen LogP contribution in [0.25, 0.3) is 0 Å². The van der Waals surface area contributed by atoms with Gasteiger partial charge in [-0.25, -0.2) is 0 Å². The van der Waals surface area contributed by atoms with Gasteiger partial charge in [0.1, 0.15) is 0 Å². The van der Waals surface area contributed by atoms with Crippen molar-refractivity contribution in [3.8, 4) is 0 Å². The molecule has 2 aliphatic rings. The number of morpholine rings is 1. The van der Waals surface area contributed by atoms with E-state index in [1.54, 1.807) is 0 Å². The first-order valence-electron chi connectivity index (χ1n) is 5.97. The Morgan fingerprint density at radius 1 is 1.44 bits per heavy atom. The minimum absolute atomic E-state index is 0.529. The number of hydrogen-bond donors (Lipinski definition) is 2. The average Bonchev–Trinajstić information content (AvgIpc) is 2.78. The van der Waals surface area contributed by atoms with Crippen LogP contribution >= 0.6 is 0 Å². The molecule has 0 aromatic heterocycles. The molecule has 0 bridgehead atoms. The minimum Gasteiger partial charge on any atom is -0.481 e. The van der Waals surface area contributed by atoms with Crippen LogP contribution in [-0.2, 0) is 9.53 Å². The molecule has 2 saturated heterocycles. The lowest BCUT2D eigenvalue weighted by atomic mass is 9.83. The van der Waals surface area contributed by atoms with E-state index < -0.39 is 11.4 Å². The fourth-order valence-corrected chi connectivity index (χ4v) is 2.44. The van der Waals surface area contributed by atoms with E-state index in [9.17, 15) is 9.90 Å². The largest absolute Gasteiger partial charge is 0.481 e. The number of aliphatic carboxylic acids is 1. The number of hydrogen-bond acceptors (Lipinski definition) is 4. The fourth-order valence-electron chi connectivity index (χ4n) is 2.44. The summed E-state index contributed by atoms with van der Waals surface area (Å²) in [7, 11) is 0. The van der Waals surface area contributed by atoms with Gasteiger partial charge in [-0.05, 0) is 25.9 Å². The first-order chi connectivity index (χ1) is 7.73. The Hall–Kier alpha value is -0.650. The van der Waals surface area contributed by atoms with Crippen molar-refractivity contribution >= 4 is 5.97 Å². The summed E-state index contributed by atoms with van der Waals surface area (Å²) >= 11 is 0. The zero-order chi connectivity index (χ0) is 11.4. The SMILES string of the molecule is O=C(O)C1(CCN2CCOCC2)CCNC1. The highest BCUT2D eigenvalue weighted by atomic mass is 16.5. The highest BCUT2D eigenvalue weighted by molar-refractivity contribution is 5.75. The molecule has 2 aliphatic heterocycles. The molecular weight excluding hydrogens is 208 g/mol. The maximum absolute atomic E-state index is 11.3. The van der Waals surface area contributed by atoms with E-state index in [0.29, 0.717) is 6.54 Å². The lowest BCUT2D eigenvalue weighted by molar-refractivity contribution is -0.148. The molecule has 1 unspecified atom stereocenters. The lowest BCUT2D eigenvalue weighted by Gasteiger charge is -2.30. The summed E-state index contributed by atoms with van der Waals surface area (Å²) in [5.74, 6) is -0.647. The third-order valence-electron chi connectivity index (χ3n) is 3.71. The molecule has 2 N–H and O–H groups in total. The molecule has 5 nitrogen and oxygen atoms in total. The van der Waals surface area contributed by atoms with Crippen molar-refractivity contribution < 1.29 is 14.6 Å². The molecule has 0 radical (unpaired) electrons. The number of rotatable bonds is 4. The van der Waals surface area contributed by atoms with Gasteiger partial charge in [0.05, 0.1) is 18.6 Å². The summed E-state index contributed by atoms with van der Waals surface area (Å²) < 4.78 is 5.27. The van der Waals surface area contributed by atoms with Crippen LogP contribution in [0.3, 0.4) is 0 Å². The minimum atomic E-state index is -0.647. The maximum atomic E-state index is 11.3. The number of carbonyl (C=O) groups is 1. The zero-order valence-corrected chi connectivity index (χ0v) is 9.57. The molecule has 2 rings (SSSR count). The van der Waals surface area contributed by atoms with E-state index in [1.165, 1.54) is 0 Å². The standard InChI is InChI=1S/C11H20N2O3/c14-10(15)11(1-3-12-9-11)2-4-13-5-7-16-8-6-13/h12H,1-9H2,(H,14,15). The Kier molecular flexibility index (Phi) is 3.78. The summed E-state index contributed by atoms with van der Waals surface area (Å²) in [6.45, 7) is 5.74. The van der Waals surface area contributed by atoms with Gasteiger partial charge in [0.2, 0.25) is 0 Å². The molecule has 16 heavy (non-hydrogen) atoms. The maximum Gasteiger partial charge on any atom is 0.311 e. The van der Waals surface area contributed by atoms with Gasteiger partial charge in [-0.1, -0.05) is 0 Å². The Bertz CT molecular complexity index is 246. The smallest absolute Gasteiger partial charge is 0.311 e. The van der Waals surface area contributed by atoms with Gasteiger partial charge < -0.3 is 15.2 Å². The number of carboxylic acids is 1. The molecule has 92 valence electrons. The molecule has 0 amide bonds. The van der Waals surface area contributed by atoms with Crippen LogP contribution in [0.2, 0.25) is 0 Å². The van der Waals surface area contributed by atoms with Crippen molar-refractivity contribution in [1.29, 1.82) is 0 Å². The van der Waals surface area contributed by atoms with E-state index in [4.69, 9.17) is 4.74 Å².